The summed E-state index contributed by atoms with van der Waals surface area (Å²) in [6.45, 7) is 2.26. The maximum absolute atomic E-state index is 12.7. The number of nitrogens with one attached hydrogen (secondary N) is 1. The zero-order valence-electron chi connectivity index (χ0n) is 17.9. The van der Waals surface area contributed by atoms with Gasteiger partial charge >= 0.3 is 12.1 Å². The second-order valence-electron chi connectivity index (χ2n) is 7.30. The molecule has 0 saturated carbocycles. The van der Waals surface area contributed by atoms with Gasteiger partial charge in [0.05, 0.1) is 17.9 Å². The molecule has 0 aliphatic heterocycles. The number of carbonyl (C=O) groups is 1. The van der Waals surface area contributed by atoms with Crippen molar-refractivity contribution in [2.45, 2.75) is 32.1 Å². The normalized spacial score (nSPS) is 12.3. The van der Waals surface area contributed by atoms with Gasteiger partial charge in [-0.15, -0.1) is 0 Å². The third kappa shape index (κ3) is 6.66. The molecule has 2 aromatic carbocycles. The number of benzene rings is 2. The van der Waals surface area contributed by atoms with E-state index in [1.54, 1.807) is 13.0 Å². The fourth-order valence-electron chi connectivity index (χ4n) is 3.11. The van der Waals surface area contributed by atoms with E-state index in [0.29, 0.717) is 23.5 Å². The van der Waals surface area contributed by atoms with E-state index in [1.807, 2.05) is 24.3 Å². The summed E-state index contributed by atoms with van der Waals surface area (Å²) in [7, 11) is 0. The van der Waals surface area contributed by atoms with Gasteiger partial charge in [-0.05, 0) is 36.6 Å². The highest BCUT2D eigenvalue weighted by molar-refractivity contribution is 5.76. The Morgan fingerprint density at radius 1 is 1.06 bits per heavy atom. The van der Waals surface area contributed by atoms with Crippen molar-refractivity contribution < 1.29 is 22.7 Å². The zero-order valence-corrected chi connectivity index (χ0v) is 17.9. The first kappa shape index (κ1) is 24.0. The molecule has 3 rings (SSSR count). The number of halogens is 3. The maximum atomic E-state index is 12.7. The lowest BCUT2D eigenvalue weighted by atomic mass is 10.0. The van der Waals surface area contributed by atoms with Crippen LogP contribution in [0.4, 0.5) is 24.9 Å². The predicted molar refractivity (Wildman–Crippen MR) is 119 cm³/mol. The number of nitrogen functional groups attached to an aromatic ring is 1. The third-order valence-electron chi connectivity index (χ3n) is 4.79. The number of alkyl halides is 3. The summed E-state index contributed by atoms with van der Waals surface area (Å²) in [4.78, 5) is 20.1. The summed E-state index contributed by atoms with van der Waals surface area (Å²) < 4.78 is 43.0. The van der Waals surface area contributed by atoms with Crippen LogP contribution in [0.15, 0.2) is 54.6 Å². The van der Waals surface area contributed by atoms with Gasteiger partial charge in [0.15, 0.2) is 0 Å². The van der Waals surface area contributed by atoms with E-state index in [-0.39, 0.29) is 19.1 Å². The number of anilines is 2. The molecule has 0 unspecified atom stereocenters. The quantitative estimate of drug-likeness (QED) is 0.439. The monoisotopic (exact) mass is 459 g/mol. The number of aromatic nitrogens is 2. The van der Waals surface area contributed by atoms with Crippen LogP contribution in [0, 0.1) is 0 Å². The van der Waals surface area contributed by atoms with Crippen LogP contribution in [0.5, 0.6) is 0 Å². The summed E-state index contributed by atoms with van der Waals surface area (Å²) in [6.07, 6.45) is -4.04. The second kappa shape index (κ2) is 10.3. The number of esters is 1. The Hall–Kier alpha value is -3.66. The number of hydrogen-bond donors (Lipinski definition) is 3. The van der Waals surface area contributed by atoms with E-state index < -0.39 is 23.8 Å². The van der Waals surface area contributed by atoms with Gasteiger partial charge in [-0.1, -0.05) is 36.4 Å². The molecule has 0 amide bonds. The topological polar surface area (TPSA) is 116 Å². The van der Waals surface area contributed by atoms with Crippen molar-refractivity contribution in [3.63, 3.8) is 0 Å². The van der Waals surface area contributed by atoms with Gasteiger partial charge in [-0.3, -0.25) is 4.79 Å². The van der Waals surface area contributed by atoms with E-state index in [2.05, 4.69) is 15.3 Å². The molecule has 0 radical (unpaired) electrons. The number of nitrogens with zero attached hydrogens (tertiary/aromatic N) is 2. The summed E-state index contributed by atoms with van der Waals surface area (Å²) in [5.74, 6) is 0.0375. The van der Waals surface area contributed by atoms with E-state index in [1.165, 1.54) is 12.1 Å². The van der Waals surface area contributed by atoms with Gasteiger partial charge in [-0.2, -0.15) is 18.2 Å². The average Bonchev–Trinajstić information content (AvgIpc) is 2.77. The van der Waals surface area contributed by atoms with Crippen LogP contribution >= 0.6 is 0 Å². The molecule has 0 aliphatic carbocycles. The van der Waals surface area contributed by atoms with Gasteiger partial charge in [0, 0.05) is 18.2 Å². The average molecular weight is 459 g/mol. The molecule has 0 saturated heterocycles. The van der Waals surface area contributed by atoms with Gasteiger partial charge in [-0.25, -0.2) is 4.98 Å². The van der Waals surface area contributed by atoms with Crippen LogP contribution in [-0.2, 0) is 28.7 Å². The lowest BCUT2D eigenvalue weighted by molar-refractivity contribution is -0.144. The Balaban J connectivity index is 1.68. The molecule has 7 nitrogen and oxygen atoms in total. The number of rotatable bonds is 8. The van der Waals surface area contributed by atoms with Crippen molar-refractivity contribution in [3.8, 4) is 11.3 Å². The molecule has 0 spiro atoms. The summed E-state index contributed by atoms with van der Waals surface area (Å²) in [5, 5.41) is 3.05. The maximum Gasteiger partial charge on any atom is 0.416 e. The van der Waals surface area contributed by atoms with Crippen molar-refractivity contribution in [3.05, 3.63) is 71.3 Å². The van der Waals surface area contributed by atoms with E-state index in [0.717, 1.165) is 23.3 Å². The smallest absolute Gasteiger partial charge is 0.416 e. The molecule has 0 fully saturated rings. The second-order valence-corrected chi connectivity index (χ2v) is 7.30. The first-order valence-electron chi connectivity index (χ1n) is 10.2. The van der Waals surface area contributed by atoms with Crippen molar-refractivity contribution in [1.29, 1.82) is 0 Å². The Morgan fingerprint density at radius 2 is 1.70 bits per heavy atom. The van der Waals surface area contributed by atoms with Crippen LogP contribution in [0.2, 0.25) is 0 Å². The molecular weight excluding hydrogens is 435 g/mol. The van der Waals surface area contributed by atoms with Crippen molar-refractivity contribution in [2.24, 2.45) is 5.73 Å². The van der Waals surface area contributed by atoms with E-state index in [9.17, 15) is 18.0 Å². The Labute approximate surface area is 189 Å². The van der Waals surface area contributed by atoms with Crippen molar-refractivity contribution in [2.75, 3.05) is 17.7 Å². The zero-order chi connectivity index (χ0) is 24.0. The van der Waals surface area contributed by atoms with Gasteiger partial charge in [0.2, 0.25) is 5.95 Å². The predicted octanol–water partition coefficient (Wildman–Crippen LogP) is 3.79. The highest BCUT2D eigenvalue weighted by Crippen LogP contribution is 2.29. The molecule has 10 heteroatoms. The van der Waals surface area contributed by atoms with Gasteiger partial charge < -0.3 is 21.5 Å². The summed E-state index contributed by atoms with van der Waals surface area (Å²) in [5.41, 5.74) is 13.9. The molecule has 3 aromatic rings. The lowest BCUT2D eigenvalue weighted by Crippen LogP contribution is -2.34. The highest BCUT2D eigenvalue weighted by Gasteiger charge is 2.29. The highest BCUT2D eigenvalue weighted by atomic mass is 19.4. The molecule has 174 valence electrons. The van der Waals surface area contributed by atoms with Crippen molar-refractivity contribution in [1.82, 2.24) is 9.97 Å². The minimum absolute atomic E-state index is 0.0517. The fourth-order valence-corrected chi connectivity index (χ4v) is 3.11. The summed E-state index contributed by atoms with van der Waals surface area (Å²) in [6, 6.07) is 13.2. The number of hydrogen-bond acceptors (Lipinski definition) is 7. The first-order chi connectivity index (χ1) is 15.7. The summed E-state index contributed by atoms with van der Waals surface area (Å²) >= 11 is 0. The molecule has 5 N–H and O–H groups in total. The molecule has 0 bridgehead atoms. The Morgan fingerprint density at radius 3 is 2.30 bits per heavy atom. The molecule has 33 heavy (non-hydrogen) atoms. The first-order valence-corrected chi connectivity index (χ1v) is 10.2. The van der Waals surface area contributed by atoms with Crippen molar-refractivity contribution >= 4 is 17.7 Å². The lowest BCUT2D eigenvalue weighted by Gasteiger charge is -2.12. The van der Waals surface area contributed by atoms with E-state index >= 15 is 0 Å². The van der Waals surface area contributed by atoms with Crippen LogP contribution < -0.4 is 16.8 Å². The van der Waals surface area contributed by atoms with Gasteiger partial charge in [0.25, 0.3) is 0 Å². The Bertz CT molecular complexity index is 1090. The molecule has 1 heterocycles. The van der Waals surface area contributed by atoms with Gasteiger partial charge in [0.1, 0.15) is 11.9 Å². The SMILES string of the molecule is CCOC(=O)[C@@H](N)Cc1ccc(-c2cc(NCc3ccc(C(F)(F)F)cc3)nc(N)n2)cc1. The van der Waals surface area contributed by atoms with E-state index in [4.69, 9.17) is 16.2 Å². The minimum Gasteiger partial charge on any atom is -0.465 e. The third-order valence-corrected chi connectivity index (χ3v) is 4.79. The number of ether oxygens (including phenoxy) is 1. The fraction of sp³-hybridized carbons (Fsp3) is 0.261. The standard InChI is InChI=1S/C23H24F3N5O2/c1-2-33-21(32)18(27)11-14-3-7-16(8-4-14)19-12-20(31-22(28)30-19)29-13-15-5-9-17(10-6-15)23(24,25)26/h3-10,12,18H,2,11,13,27H2,1H3,(H3,28,29,30,31)/t18-/m0/s1. The molecule has 1 atom stereocenters. The van der Waals surface area contributed by atoms with Crippen LogP contribution in [0.3, 0.4) is 0 Å². The number of carbonyl (C=O) groups excluding carboxylic acids is 1. The van der Waals surface area contributed by atoms with Crippen LogP contribution in [0.25, 0.3) is 11.3 Å². The largest absolute Gasteiger partial charge is 0.465 e. The van der Waals surface area contributed by atoms with Crippen LogP contribution in [0.1, 0.15) is 23.6 Å². The molecule has 1 aromatic heterocycles. The Kier molecular flexibility index (Phi) is 7.49. The minimum atomic E-state index is -4.37. The van der Waals surface area contributed by atoms with Crippen LogP contribution in [-0.4, -0.2) is 28.6 Å². The molecule has 0 aliphatic rings. The molecular formula is C23H24F3N5O2. The number of nitrogens with two attached hydrogens (primary N) is 2.